The molecule has 1 heterocycles. The van der Waals surface area contributed by atoms with Gasteiger partial charge >= 0.3 is 0 Å². The van der Waals surface area contributed by atoms with Crippen LogP contribution in [0.5, 0.6) is 11.5 Å². The van der Waals surface area contributed by atoms with Crippen LogP contribution in [-0.4, -0.2) is 49.1 Å². The van der Waals surface area contributed by atoms with E-state index in [1.54, 1.807) is 0 Å². The molecule has 0 saturated heterocycles. The fraction of sp³-hybridized carbons (Fsp3) is 0.625. The number of hydrogen-bond donors (Lipinski definition) is 3. The zero-order valence-corrected chi connectivity index (χ0v) is 13.2. The molecule has 5 nitrogen and oxygen atoms in total. The predicted octanol–water partition coefficient (Wildman–Crippen LogP) is -0.889. The van der Waals surface area contributed by atoms with Crippen LogP contribution in [0.15, 0.2) is 24.3 Å². The molecule has 0 unspecified atom stereocenters. The van der Waals surface area contributed by atoms with Gasteiger partial charge in [0.2, 0.25) is 0 Å². The Morgan fingerprint density at radius 2 is 1.81 bits per heavy atom. The first-order chi connectivity index (χ1) is 10.1. The van der Waals surface area contributed by atoms with Crippen molar-refractivity contribution in [3.8, 4) is 11.5 Å². The SMILES string of the molecule is CC(C)[NH2+]C[C@H](O)C[NH2+][C@H](C)[C@@H]1COc2ccccc2O1. The molecule has 1 aliphatic heterocycles. The summed E-state index contributed by atoms with van der Waals surface area (Å²) in [7, 11) is 0. The predicted molar refractivity (Wildman–Crippen MR) is 80.5 cm³/mol. The lowest BCUT2D eigenvalue weighted by molar-refractivity contribution is -0.721. The minimum atomic E-state index is -0.299. The van der Waals surface area contributed by atoms with Gasteiger partial charge in [-0.1, -0.05) is 12.1 Å². The van der Waals surface area contributed by atoms with E-state index in [-0.39, 0.29) is 18.2 Å². The maximum atomic E-state index is 9.97. The van der Waals surface area contributed by atoms with Gasteiger partial charge in [0.1, 0.15) is 25.7 Å². The number of quaternary nitrogens is 2. The van der Waals surface area contributed by atoms with Gasteiger partial charge in [-0.2, -0.15) is 0 Å². The number of benzene rings is 1. The molecule has 5 N–H and O–H groups in total. The van der Waals surface area contributed by atoms with E-state index in [1.807, 2.05) is 24.3 Å². The van der Waals surface area contributed by atoms with E-state index in [2.05, 4.69) is 31.4 Å². The van der Waals surface area contributed by atoms with Crippen molar-refractivity contribution in [1.82, 2.24) is 0 Å². The average Bonchev–Trinajstić information content (AvgIpc) is 2.50. The summed E-state index contributed by atoms with van der Waals surface area (Å²) in [5.74, 6) is 1.62. The molecule has 0 bridgehead atoms. The third-order valence-corrected chi connectivity index (χ3v) is 3.78. The second-order valence-corrected chi connectivity index (χ2v) is 6.11. The van der Waals surface area contributed by atoms with Gasteiger partial charge in [0.05, 0.1) is 6.04 Å². The van der Waals surface area contributed by atoms with Crippen LogP contribution in [0.2, 0.25) is 0 Å². The third kappa shape index (κ3) is 4.88. The van der Waals surface area contributed by atoms with Crippen LogP contribution in [0.4, 0.5) is 0 Å². The zero-order chi connectivity index (χ0) is 15.2. The van der Waals surface area contributed by atoms with Crippen LogP contribution in [0, 0.1) is 0 Å². The molecule has 0 amide bonds. The number of aliphatic hydroxyl groups excluding tert-OH is 1. The lowest BCUT2D eigenvalue weighted by atomic mass is 10.1. The fourth-order valence-corrected chi connectivity index (χ4v) is 2.34. The Bertz CT molecular complexity index is 439. The van der Waals surface area contributed by atoms with Crippen molar-refractivity contribution in [2.75, 3.05) is 19.7 Å². The number of nitrogens with two attached hydrogens (primary N) is 2. The molecule has 1 aliphatic rings. The van der Waals surface area contributed by atoms with Gasteiger partial charge in [-0.15, -0.1) is 0 Å². The van der Waals surface area contributed by atoms with Gasteiger partial charge in [0.25, 0.3) is 0 Å². The molecule has 0 aromatic heterocycles. The van der Waals surface area contributed by atoms with E-state index in [4.69, 9.17) is 9.47 Å². The number of para-hydroxylation sites is 2. The Balaban J connectivity index is 1.76. The van der Waals surface area contributed by atoms with E-state index in [9.17, 15) is 5.11 Å². The van der Waals surface area contributed by atoms with E-state index in [0.717, 1.165) is 18.0 Å². The highest BCUT2D eigenvalue weighted by molar-refractivity contribution is 5.40. The second-order valence-electron chi connectivity index (χ2n) is 6.11. The molecule has 3 atom stereocenters. The summed E-state index contributed by atoms with van der Waals surface area (Å²) in [5, 5.41) is 14.3. The van der Waals surface area contributed by atoms with Crippen molar-refractivity contribution in [2.24, 2.45) is 0 Å². The van der Waals surface area contributed by atoms with Gasteiger partial charge in [-0.25, -0.2) is 0 Å². The van der Waals surface area contributed by atoms with Crippen molar-refractivity contribution in [3.05, 3.63) is 24.3 Å². The number of hydrogen-bond acceptors (Lipinski definition) is 3. The Morgan fingerprint density at radius 3 is 2.52 bits per heavy atom. The highest BCUT2D eigenvalue weighted by Gasteiger charge is 2.28. The van der Waals surface area contributed by atoms with E-state index >= 15 is 0 Å². The first-order valence-corrected chi connectivity index (χ1v) is 7.79. The quantitative estimate of drug-likeness (QED) is 0.611. The standard InChI is InChI=1S/C16H26N2O3/c1-11(2)17-8-13(19)9-18-12(3)16-10-20-14-6-4-5-7-15(14)21-16/h4-7,11-13,16-19H,8-10H2,1-3H3/p+2/t12-,13+,16+/m1/s1. The summed E-state index contributed by atoms with van der Waals surface area (Å²) < 4.78 is 11.7. The van der Waals surface area contributed by atoms with Crippen LogP contribution in [-0.2, 0) is 0 Å². The highest BCUT2D eigenvalue weighted by atomic mass is 16.6. The van der Waals surface area contributed by atoms with Gasteiger partial charge in [-0.3, -0.25) is 0 Å². The number of fused-ring (bicyclic) bond motifs is 1. The van der Waals surface area contributed by atoms with E-state index in [1.165, 1.54) is 0 Å². The normalized spacial score (nSPS) is 20.3. The summed E-state index contributed by atoms with van der Waals surface area (Å²) in [6.07, 6.45) is -0.284. The van der Waals surface area contributed by atoms with Gasteiger partial charge in [-0.05, 0) is 32.9 Å². The van der Waals surface area contributed by atoms with Crippen LogP contribution < -0.4 is 20.1 Å². The Morgan fingerprint density at radius 1 is 1.14 bits per heavy atom. The van der Waals surface area contributed by atoms with Crippen LogP contribution in [0.3, 0.4) is 0 Å². The van der Waals surface area contributed by atoms with Crippen molar-refractivity contribution < 1.29 is 25.2 Å². The van der Waals surface area contributed by atoms with Crippen molar-refractivity contribution >= 4 is 0 Å². The minimum absolute atomic E-state index is 0.0150. The molecule has 0 radical (unpaired) electrons. The summed E-state index contributed by atoms with van der Waals surface area (Å²) in [4.78, 5) is 0. The molecule has 0 spiro atoms. The largest absolute Gasteiger partial charge is 0.486 e. The second kappa shape index (κ2) is 7.64. The number of rotatable bonds is 7. The number of ether oxygens (including phenoxy) is 2. The highest BCUT2D eigenvalue weighted by Crippen LogP contribution is 2.31. The molecular weight excluding hydrogens is 268 g/mol. The first kappa shape index (κ1) is 16.1. The summed E-state index contributed by atoms with van der Waals surface area (Å²) in [5.41, 5.74) is 0. The molecule has 0 fully saturated rings. The molecule has 1 aromatic carbocycles. The van der Waals surface area contributed by atoms with E-state index in [0.29, 0.717) is 19.2 Å². The molecule has 5 heteroatoms. The van der Waals surface area contributed by atoms with Gasteiger partial charge in [0.15, 0.2) is 23.7 Å². The summed E-state index contributed by atoms with van der Waals surface area (Å²) >= 11 is 0. The minimum Gasteiger partial charge on any atom is -0.486 e. The van der Waals surface area contributed by atoms with Crippen molar-refractivity contribution in [2.45, 2.75) is 45.1 Å². The average molecular weight is 296 g/mol. The lowest BCUT2D eigenvalue weighted by Crippen LogP contribution is -2.97. The smallest absolute Gasteiger partial charge is 0.184 e. The van der Waals surface area contributed by atoms with Crippen molar-refractivity contribution in [3.63, 3.8) is 0 Å². The Labute approximate surface area is 126 Å². The molecule has 1 aromatic rings. The zero-order valence-electron chi connectivity index (χ0n) is 13.2. The van der Waals surface area contributed by atoms with Crippen LogP contribution in [0.1, 0.15) is 20.8 Å². The fourth-order valence-electron chi connectivity index (χ4n) is 2.34. The van der Waals surface area contributed by atoms with Gasteiger partial charge < -0.3 is 25.2 Å². The first-order valence-electron chi connectivity index (χ1n) is 7.79. The summed E-state index contributed by atoms with van der Waals surface area (Å²) in [6, 6.07) is 8.51. The Hall–Kier alpha value is -1.30. The Kier molecular flexibility index (Phi) is 5.85. The third-order valence-electron chi connectivity index (χ3n) is 3.78. The monoisotopic (exact) mass is 296 g/mol. The van der Waals surface area contributed by atoms with Crippen LogP contribution in [0.25, 0.3) is 0 Å². The van der Waals surface area contributed by atoms with Gasteiger partial charge in [0, 0.05) is 0 Å². The molecule has 0 saturated carbocycles. The molecule has 21 heavy (non-hydrogen) atoms. The topological polar surface area (TPSA) is 71.9 Å². The molecule has 118 valence electrons. The van der Waals surface area contributed by atoms with Crippen molar-refractivity contribution in [1.29, 1.82) is 0 Å². The summed E-state index contributed by atoms with van der Waals surface area (Å²) in [6.45, 7) is 8.36. The maximum absolute atomic E-state index is 9.97. The molecule has 2 rings (SSSR count). The molecule has 0 aliphatic carbocycles. The molecular formula is C16H28N2O3+2. The number of aliphatic hydroxyl groups is 1. The maximum Gasteiger partial charge on any atom is 0.184 e. The lowest BCUT2D eigenvalue weighted by Gasteiger charge is -2.29. The van der Waals surface area contributed by atoms with Crippen LogP contribution >= 0.6 is 0 Å². The van der Waals surface area contributed by atoms with E-state index < -0.39 is 0 Å².